The number of carbonyl (C=O) groups is 4. The quantitative estimate of drug-likeness (QED) is 0.135. The van der Waals surface area contributed by atoms with Gasteiger partial charge < -0.3 is 20.8 Å². The zero-order valence-electron chi connectivity index (χ0n) is 31.4. The normalized spacial score (nSPS) is 18.2. The average Bonchev–Trinajstić information content (AvgIpc) is 3.65. The predicted octanol–water partition coefficient (Wildman–Crippen LogP) is 8.62. The molecule has 8 nitrogen and oxygen atoms in total. The van der Waals surface area contributed by atoms with E-state index in [9.17, 15) is 29.4 Å². The van der Waals surface area contributed by atoms with Gasteiger partial charge in [-0.15, -0.1) is 0 Å². The lowest BCUT2D eigenvalue weighted by Crippen LogP contribution is -2.55. The summed E-state index contributed by atoms with van der Waals surface area (Å²) in [6.45, 7) is 12.0. The number of aliphatic carboxylic acids is 2. The summed E-state index contributed by atoms with van der Waals surface area (Å²) in [5.41, 5.74) is 6.73. The molecule has 2 unspecified atom stereocenters. The van der Waals surface area contributed by atoms with Gasteiger partial charge in [0.05, 0.1) is 0 Å². The van der Waals surface area contributed by atoms with Crippen molar-refractivity contribution < 1.29 is 29.4 Å². The molecular weight excluding hydrogens is 723 g/mol. The number of carboxylic acids is 2. The fraction of sp³-hybridized carbons (Fsp3) is 0.318. The Kier molecular flexibility index (Phi) is 12.1. The fourth-order valence-corrected chi connectivity index (χ4v) is 7.79. The number of allylic oxidation sites excluding steroid dienone is 1. The van der Waals surface area contributed by atoms with E-state index in [0.717, 1.165) is 56.5 Å². The third kappa shape index (κ3) is 8.72. The summed E-state index contributed by atoms with van der Waals surface area (Å²) in [5.74, 6) is -2.40. The van der Waals surface area contributed by atoms with E-state index >= 15 is 0 Å². The largest absolute Gasteiger partial charge is 0.479 e. The van der Waals surface area contributed by atoms with Gasteiger partial charge in [-0.3, -0.25) is 9.59 Å². The van der Waals surface area contributed by atoms with Crippen molar-refractivity contribution in [2.75, 3.05) is 0 Å². The highest BCUT2D eigenvalue weighted by Crippen LogP contribution is 2.34. The number of halogens is 2. The zero-order valence-corrected chi connectivity index (χ0v) is 32.9. The monoisotopic (exact) mass is 768 g/mol. The van der Waals surface area contributed by atoms with Crippen molar-refractivity contribution in [2.24, 2.45) is 5.92 Å². The first kappa shape index (κ1) is 40.3. The van der Waals surface area contributed by atoms with Gasteiger partial charge in [-0.25, -0.2) is 9.59 Å². The molecule has 0 spiro atoms. The van der Waals surface area contributed by atoms with Crippen LogP contribution >= 0.6 is 23.2 Å². The second-order valence-electron chi connectivity index (χ2n) is 15.2. The highest BCUT2D eigenvalue weighted by atomic mass is 35.5. The van der Waals surface area contributed by atoms with Crippen LogP contribution < -0.4 is 10.6 Å². The van der Waals surface area contributed by atoms with E-state index in [2.05, 4.69) is 24.5 Å². The average molecular weight is 770 g/mol. The van der Waals surface area contributed by atoms with Crippen LogP contribution in [0.1, 0.15) is 92.9 Å². The molecule has 0 bridgehead atoms. The van der Waals surface area contributed by atoms with Crippen LogP contribution in [0, 0.1) is 19.8 Å². The third-order valence-electron chi connectivity index (χ3n) is 10.1. The van der Waals surface area contributed by atoms with Crippen LogP contribution in [-0.2, 0) is 41.7 Å². The van der Waals surface area contributed by atoms with Gasteiger partial charge in [0, 0.05) is 46.9 Å². The van der Waals surface area contributed by atoms with Crippen molar-refractivity contribution in [1.82, 2.24) is 10.6 Å². The summed E-state index contributed by atoms with van der Waals surface area (Å²) in [5, 5.41) is 26.6. The summed E-state index contributed by atoms with van der Waals surface area (Å²) in [4.78, 5) is 50.4. The van der Waals surface area contributed by atoms with E-state index in [1.54, 1.807) is 36.4 Å². The molecule has 4 aromatic rings. The molecule has 0 saturated heterocycles. The number of hydrogen-bond donors (Lipinski definition) is 4. The van der Waals surface area contributed by atoms with Crippen LogP contribution in [-0.4, -0.2) is 45.0 Å². The van der Waals surface area contributed by atoms with Gasteiger partial charge in [0.25, 0.3) is 11.8 Å². The molecule has 4 N–H and O–H groups in total. The van der Waals surface area contributed by atoms with Crippen LogP contribution in [0.4, 0.5) is 0 Å². The summed E-state index contributed by atoms with van der Waals surface area (Å²) in [6.07, 6.45) is 3.66. The maximum atomic E-state index is 13.1. The maximum absolute atomic E-state index is 13.1. The molecule has 2 aliphatic carbocycles. The molecule has 10 heteroatoms. The van der Waals surface area contributed by atoms with Crippen molar-refractivity contribution in [3.8, 4) is 0 Å². The second kappa shape index (κ2) is 16.2. The van der Waals surface area contributed by atoms with E-state index in [4.69, 9.17) is 23.2 Å². The molecule has 0 aromatic heterocycles. The molecule has 0 aliphatic heterocycles. The highest BCUT2D eigenvalue weighted by Gasteiger charge is 2.47. The highest BCUT2D eigenvalue weighted by molar-refractivity contribution is 6.31. The molecule has 0 saturated carbocycles. The number of amides is 2. The van der Waals surface area contributed by atoms with Crippen molar-refractivity contribution in [1.29, 1.82) is 0 Å². The lowest BCUT2D eigenvalue weighted by molar-refractivity contribution is -0.144. The molecule has 6 rings (SSSR count). The zero-order chi connectivity index (χ0) is 39.5. The maximum Gasteiger partial charge on any atom is 0.330 e. The molecule has 0 fully saturated rings. The first-order chi connectivity index (χ1) is 25.4. The molecular formula is C44H46Cl2N2O6. The summed E-state index contributed by atoms with van der Waals surface area (Å²) >= 11 is 12.1. The number of fused-ring (bicyclic) bond motifs is 2. The number of aryl methyl sites for hydroxylation is 2. The van der Waals surface area contributed by atoms with Gasteiger partial charge in [-0.05, 0) is 121 Å². The lowest BCUT2D eigenvalue weighted by atomic mass is 9.91. The SMILES string of the molecule is CC(C)=Cc1c(C)cccc1C(=O)NC1(C(=O)O)Cc2ccc(Cl)cc2C1.Cc1cccc(C(=O)NC2(C(=O)O)Cc3ccc(Cl)cc3C2)c1CC(C)C. The van der Waals surface area contributed by atoms with Crippen LogP contribution in [0.3, 0.4) is 0 Å². The summed E-state index contributed by atoms with van der Waals surface area (Å²) in [6, 6.07) is 21.8. The molecule has 0 radical (unpaired) electrons. The molecule has 282 valence electrons. The second-order valence-corrected chi connectivity index (χ2v) is 16.0. The van der Waals surface area contributed by atoms with E-state index < -0.39 is 23.0 Å². The Bertz CT molecular complexity index is 2170. The minimum absolute atomic E-state index is 0.216. The van der Waals surface area contributed by atoms with Crippen LogP contribution in [0.5, 0.6) is 0 Å². The lowest BCUT2D eigenvalue weighted by Gasteiger charge is -2.26. The van der Waals surface area contributed by atoms with Crippen molar-refractivity contribution in [3.63, 3.8) is 0 Å². The van der Waals surface area contributed by atoms with Crippen molar-refractivity contribution >= 4 is 53.0 Å². The Balaban J connectivity index is 0.000000208. The number of carboxylic acid groups (broad SMARTS) is 2. The Morgan fingerprint density at radius 2 is 1.13 bits per heavy atom. The van der Waals surface area contributed by atoms with Crippen LogP contribution in [0.25, 0.3) is 6.08 Å². The van der Waals surface area contributed by atoms with Gasteiger partial charge in [0.1, 0.15) is 11.1 Å². The number of nitrogens with one attached hydrogen (secondary N) is 2. The summed E-state index contributed by atoms with van der Waals surface area (Å²) < 4.78 is 0. The number of hydrogen-bond acceptors (Lipinski definition) is 4. The Labute approximate surface area is 326 Å². The molecule has 4 aromatic carbocycles. The molecule has 0 heterocycles. The topological polar surface area (TPSA) is 133 Å². The number of carbonyl (C=O) groups excluding carboxylic acids is 2. The van der Waals surface area contributed by atoms with Crippen molar-refractivity contribution in [2.45, 2.75) is 84.7 Å². The molecule has 2 aliphatic rings. The molecule has 54 heavy (non-hydrogen) atoms. The fourth-order valence-electron chi connectivity index (χ4n) is 7.40. The van der Waals surface area contributed by atoms with E-state index in [0.29, 0.717) is 27.1 Å². The Morgan fingerprint density at radius 1 is 0.685 bits per heavy atom. The van der Waals surface area contributed by atoms with Gasteiger partial charge in [0.15, 0.2) is 0 Å². The van der Waals surface area contributed by atoms with Gasteiger partial charge in [-0.2, -0.15) is 0 Å². The standard InChI is InChI=1S/C22H24ClNO3.C22H22ClNO3/c2*1-13(2)9-19-14(3)5-4-6-18(19)20(25)24-22(21(26)27)11-15-7-8-17(23)10-16(15)12-22/h4-8,10,13H,9,11-12H2,1-3H3,(H,24,25)(H,26,27);4-10H,11-12H2,1-3H3,(H,24,25)(H,26,27). The number of benzene rings is 4. The Hall–Kier alpha value is -4.92. The molecule has 2 atom stereocenters. The predicted molar refractivity (Wildman–Crippen MR) is 214 cm³/mol. The van der Waals surface area contributed by atoms with E-state index in [1.807, 2.05) is 70.2 Å². The third-order valence-corrected chi connectivity index (χ3v) is 10.6. The molecule has 2 amide bonds. The smallest absolute Gasteiger partial charge is 0.330 e. The van der Waals surface area contributed by atoms with E-state index in [1.165, 1.54) is 0 Å². The Morgan fingerprint density at radius 3 is 1.59 bits per heavy atom. The minimum atomic E-state index is -1.36. The van der Waals surface area contributed by atoms with Crippen LogP contribution in [0.2, 0.25) is 10.0 Å². The van der Waals surface area contributed by atoms with Gasteiger partial charge in [0.2, 0.25) is 0 Å². The minimum Gasteiger partial charge on any atom is -0.479 e. The summed E-state index contributed by atoms with van der Waals surface area (Å²) in [7, 11) is 0. The van der Waals surface area contributed by atoms with Gasteiger partial charge >= 0.3 is 11.9 Å². The first-order valence-electron chi connectivity index (χ1n) is 17.9. The number of rotatable bonds is 9. The van der Waals surface area contributed by atoms with Gasteiger partial charge in [-0.1, -0.05) is 85.1 Å². The first-order valence-corrected chi connectivity index (χ1v) is 18.7. The van der Waals surface area contributed by atoms with Crippen molar-refractivity contribution in [3.05, 3.63) is 144 Å². The van der Waals surface area contributed by atoms with E-state index in [-0.39, 0.29) is 37.5 Å². The van der Waals surface area contributed by atoms with Crippen LogP contribution in [0.15, 0.2) is 78.4 Å².